The number of ether oxygens (including phenoxy) is 2. The van der Waals surface area contributed by atoms with Crippen LogP contribution in [-0.2, 0) is 22.5 Å². The van der Waals surface area contributed by atoms with Crippen molar-refractivity contribution in [1.29, 1.82) is 0 Å². The SMILES string of the molecule is O=C([C@H]1CCCO1)N1CCN(CCOc2ccc(CN3CCC(Cc4ccccc4)CC3)cc2)CC1. The highest BCUT2D eigenvalue weighted by Crippen LogP contribution is 2.23. The normalized spacial score (nSPS) is 22.1. The zero-order valence-electron chi connectivity index (χ0n) is 21.5. The summed E-state index contributed by atoms with van der Waals surface area (Å²) in [7, 11) is 0. The molecule has 0 aliphatic carbocycles. The Labute approximate surface area is 216 Å². The number of piperidine rings is 1. The summed E-state index contributed by atoms with van der Waals surface area (Å²) < 4.78 is 11.6. The van der Waals surface area contributed by atoms with Crippen LogP contribution in [0.15, 0.2) is 54.6 Å². The summed E-state index contributed by atoms with van der Waals surface area (Å²) >= 11 is 0. The predicted octanol–water partition coefficient (Wildman–Crippen LogP) is 3.84. The first-order valence-electron chi connectivity index (χ1n) is 13.8. The maximum atomic E-state index is 12.5. The Balaban J connectivity index is 0.966. The second-order valence-electron chi connectivity index (χ2n) is 10.6. The van der Waals surface area contributed by atoms with Gasteiger partial charge in [0, 0.05) is 45.9 Å². The minimum Gasteiger partial charge on any atom is -0.492 e. The Morgan fingerprint density at radius 3 is 2.28 bits per heavy atom. The van der Waals surface area contributed by atoms with Crippen LogP contribution in [0.5, 0.6) is 5.75 Å². The Morgan fingerprint density at radius 1 is 0.833 bits per heavy atom. The quantitative estimate of drug-likeness (QED) is 0.533. The summed E-state index contributed by atoms with van der Waals surface area (Å²) in [4.78, 5) is 19.4. The lowest BCUT2D eigenvalue weighted by molar-refractivity contribution is -0.142. The van der Waals surface area contributed by atoms with Crippen molar-refractivity contribution in [2.45, 2.75) is 44.8 Å². The fourth-order valence-electron chi connectivity index (χ4n) is 5.71. The number of rotatable bonds is 9. The van der Waals surface area contributed by atoms with Crippen LogP contribution in [0.3, 0.4) is 0 Å². The molecule has 0 saturated carbocycles. The van der Waals surface area contributed by atoms with Gasteiger partial charge in [-0.05, 0) is 74.4 Å². The van der Waals surface area contributed by atoms with Crippen molar-refractivity contribution < 1.29 is 14.3 Å². The van der Waals surface area contributed by atoms with Gasteiger partial charge in [0.05, 0.1) is 0 Å². The Kier molecular flexibility index (Phi) is 8.91. The first-order chi connectivity index (χ1) is 17.7. The van der Waals surface area contributed by atoms with Crippen molar-refractivity contribution in [1.82, 2.24) is 14.7 Å². The molecular weight excluding hydrogens is 450 g/mol. The maximum Gasteiger partial charge on any atom is 0.251 e. The average Bonchev–Trinajstić information content (AvgIpc) is 3.47. The van der Waals surface area contributed by atoms with Crippen molar-refractivity contribution >= 4 is 5.91 Å². The number of nitrogens with zero attached hydrogens (tertiary/aromatic N) is 3. The van der Waals surface area contributed by atoms with Crippen LogP contribution in [-0.4, -0.2) is 85.7 Å². The average molecular weight is 492 g/mol. The number of amides is 1. The molecule has 1 atom stereocenters. The van der Waals surface area contributed by atoms with Crippen LogP contribution in [0.25, 0.3) is 0 Å². The van der Waals surface area contributed by atoms with Crippen molar-refractivity contribution in [3.8, 4) is 5.75 Å². The van der Waals surface area contributed by atoms with E-state index in [1.54, 1.807) is 0 Å². The zero-order chi connectivity index (χ0) is 24.6. The molecule has 36 heavy (non-hydrogen) atoms. The lowest BCUT2D eigenvalue weighted by Gasteiger charge is -2.35. The van der Waals surface area contributed by atoms with Crippen molar-refractivity contribution in [2.75, 3.05) is 59.0 Å². The van der Waals surface area contributed by atoms with Gasteiger partial charge < -0.3 is 14.4 Å². The molecule has 6 heteroatoms. The summed E-state index contributed by atoms with van der Waals surface area (Å²) in [5.41, 5.74) is 2.83. The molecule has 0 aromatic heterocycles. The van der Waals surface area contributed by atoms with E-state index in [1.807, 2.05) is 4.90 Å². The molecular formula is C30H41N3O3. The molecule has 2 aromatic rings. The third kappa shape index (κ3) is 7.09. The van der Waals surface area contributed by atoms with Gasteiger partial charge >= 0.3 is 0 Å². The van der Waals surface area contributed by atoms with Gasteiger partial charge in [-0.15, -0.1) is 0 Å². The molecule has 0 unspecified atom stereocenters. The van der Waals surface area contributed by atoms with E-state index in [-0.39, 0.29) is 12.0 Å². The molecule has 194 valence electrons. The Bertz CT molecular complexity index is 930. The molecule has 3 heterocycles. The summed E-state index contributed by atoms with van der Waals surface area (Å²) in [6, 6.07) is 19.5. The van der Waals surface area contributed by atoms with E-state index < -0.39 is 0 Å². The fourth-order valence-corrected chi connectivity index (χ4v) is 5.71. The zero-order valence-corrected chi connectivity index (χ0v) is 21.5. The third-order valence-corrected chi connectivity index (χ3v) is 7.97. The highest BCUT2D eigenvalue weighted by molar-refractivity contribution is 5.81. The second kappa shape index (κ2) is 12.7. The maximum absolute atomic E-state index is 12.5. The van der Waals surface area contributed by atoms with Crippen LogP contribution in [0.2, 0.25) is 0 Å². The van der Waals surface area contributed by atoms with Gasteiger partial charge in [0.2, 0.25) is 0 Å². The van der Waals surface area contributed by atoms with Crippen LogP contribution in [0.4, 0.5) is 0 Å². The van der Waals surface area contributed by atoms with E-state index in [9.17, 15) is 4.79 Å². The Morgan fingerprint density at radius 2 is 1.58 bits per heavy atom. The van der Waals surface area contributed by atoms with Gasteiger partial charge in [0.15, 0.2) is 0 Å². The highest BCUT2D eigenvalue weighted by Gasteiger charge is 2.30. The van der Waals surface area contributed by atoms with Gasteiger partial charge in [-0.3, -0.25) is 14.6 Å². The van der Waals surface area contributed by atoms with Crippen LogP contribution in [0.1, 0.15) is 36.8 Å². The molecule has 1 amide bonds. The first kappa shape index (κ1) is 25.2. The van der Waals surface area contributed by atoms with Crippen molar-refractivity contribution in [3.63, 3.8) is 0 Å². The largest absolute Gasteiger partial charge is 0.492 e. The summed E-state index contributed by atoms with van der Waals surface area (Å²) in [6.07, 6.45) is 5.46. The first-order valence-corrected chi connectivity index (χ1v) is 13.8. The van der Waals surface area contributed by atoms with Crippen LogP contribution < -0.4 is 4.74 Å². The summed E-state index contributed by atoms with van der Waals surface area (Å²) in [6.45, 7) is 9.06. The number of hydrogen-bond donors (Lipinski definition) is 0. The lowest BCUT2D eigenvalue weighted by Crippen LogP contribution is -2.52. The predicted molar refractivity (Wildman–Crippen MR) is 142 cm³/mol. The molecule has 3 saturated heterocycles. The summed E-state index contributed by atoms with van der Waals surface area (Å²) in [5.74, 6) is 1.93. The highest BCUT2D eigenvalue weighted by atomic mass is 16.5. The van der Waals surface area contributed by atoms with E-state index in [2.05, 4.69) is 64.4 Å². The lowest BCUT2D eigenvalue weighted by atomic mass is 9.90. The molecule has 2 aromatic carbocycles. The molecule has 0 spiro atoms. The number of carbonyl (C=O) groups is 1. The van der Waals surface area contributed by atoms with E-state index in [1.165, 1.54) is 43.5 Å². The minimum absolute atomic E-state index is 0.181. The number of benzene rings is 2. The van der Waals surface area contributed by atoms with Crippen LogP contribution >= 0.6 is 0 Å². The van der Waals surface area contributed by atoms with Gasteiger partial charge in [0.25, 0.3) is 5.91 Å². The Hall–Kier alpha value is -2.41. The molecule has 0 radical (unpaired) electrons. The molecule has 3 fully saturated rings. The molecule has 3 aliphatic rings. The smallest absolute Gasteiger partial charge is 0.251 e. The van der Waals surface area contributed by atoms with Gasteiger partial charge in [-0.2, -0.15) is 0 Å². The van der Waals surface area contributed by atoms with Crippen molar-refractivity contribution in [3.05, 3.63) is 65.7 Å². The van der Waals surface area contributed by atoms with Crippen LogP contribution in [0, 0.1) is 5.92 Å². The van der Waals surface area contributed by atoms with Gasteiger partial charge in [0.1, 0.15) is 18.5 Å². The van der Waals surface area contributed by atoms with E-state index >= 15 is 0 Å². The van der Waals surface area contributed by atoms with E-state index in [4.69, 9.17) is 9.47 Å². The third-order valence-electron chi connectivity index (χ3n) is 7.97. The topological polar surface area (TPSA) is 45.3 Å². The minimum atomic E-state index is -0.200. The monoisotopic (exact) mass is 491 g/mol. The number of hydrogen-bond acceptors (Lipinski definition) is 5. The molecule has 0 bridgehead atoms. The van der Waals surface area contributed by atoms with E-state index in [0.717, 1.165) is 70.4 Å². The van der Waals surface area contributed by atoms with Gasteiger partial charge in [-0.25, -0.2) is 0 Å². The molecule has 3 aliphatic heterocycles. The molecule has 6 nitrogen and oxygen atoms in total. The van der Waals surface area contributed by atoms with Crippen molar-refractivity contribution in [2.24, 2.45) is 5.92 Å². The standard InChI is InChI=1S/C30H41N3O3/c34-30(29-7-4-21-36-29)33-18-16-31(17-19-33)20-22-35-28-10-8-27(9-11-28)24-32-14-12-26(13-15-32)23-25-5-2-1-3-6-25/h1-3,5-6,8-11,26,29H,4,7,12-24H2/t29-/m1/s1. The van der Waals surface area contributed by atoms with Gasteiger partial charge in [-0.1, -0.05) is 42.5 Å². The second-order valence-corrected chi connectivity index (χ2v) is 10.6. The number of piperazine rings is 1. The fraction of sp³-hybridized carbons (Fsp3) is 0.567. The number of carbonyl (C=O) groups excluding carboxylic acids is 1. The summed E-state index contributed by atoms with van der Waals surface area (Å²) in [5, 5.41) is 0. The van der Waals surface area contributed by atoms with E-state index in [0.29, 0.717) is 6.61 Å². The molecule has 0 N–H and O–H groups in total. The molecule has 5 rings (SSSR count). The number of likely N-dealkylation sites (tertiary alicyclic amines) is 1.